The molecule has 0 unspecified atom stereocenters. The van der Waals surface area contributed by atoms with Gasteiger partial charge in [-0.25, -0.2) is 4.39 Å². The zero-order chi connectivity index (χ0) is 15.7. The normalized spacial score (nSPS) is 32.0. The van der Waals surface area contributed by atoms with Gasteiger partial charge in [-0.3, -0.25) is 0 Å². The van der Waals surface area contributed by atoms with Crippen LogP contribution >= 0.6 is 0 Å². The smallest absolute Gasteiger partial charge is 0.124 e. The average molecular weight is 304 g/mol. The highest BCUT2D eigenvalue weighted by Crippen LogP contribution is 2.39. The number of rotatable bonds is 2. The summed E-state index contributed by atoms with van der Waals surface area (Å²) in [6.45, 7) is 3.79. The van der Waals surface area contributed by atoms with Crippen molar-refractivity contribution < 1.29 is 14.2 Å². The molecule has 2 heterocycles. The SMILES string of the molecule is C[C@]1(O)CCOC[C@@H]1[C@@H]1CCCN1c1ccc(F)cc1C#N. The molecule has 2 aliphatic heterocycles. The predicted octanol–water partition coefficient (Wildman–Crippen LogP) is 2.45. The zero-order valence-electron chi connectivity index (χ0n) is 12.8. The summed E-state index contributed by atoms with van der Waals surface area (Å²) >= 11 is 0. The van der Waals surface area contributed by atoms with Crippen LogP contribution < -0.4 is 4.90 Å². The van der Waals surface area contributed by atoms with Crippen molar-refractivity contribution in [3.63, 3.8) is 0 Å². The average Bonchev–Trinajstić information content (AvgIpc) is 2.95. The van der Waals surface area contributed by atoms with Crippen LogP contribution in [0, 0.1) is 23.1 Å². The van der Waals surface area contributed by atoms with Crippen LogP contribution in [0.5, 0.6) is 0 Å². The maximum absolute atomic E-state index is 13.4. The van der Waals surface area contributed by atoms with Crippen LogP contribution in [0.3, 0.4) is 0 Å². The summed E-state index contributed by atoms with van der Waals surface area (Å²) < 4.78 is 18.9. The summed E-state index contributed by atoms with van der Waals surface area (Å²) in [6, 6.07) is 6.54. The number of anilines is 1. The van der Waals surface area contributed by atoms with Crippen molar-refractivity contribution in [3.05, 3.63) is 29.6 Å². The minimum Gasteiger partial charge on any atom is -0.390 e. The van der Waals surface area contributed by atoms with E-state index >= 15 is 0 Å². The summed E-state index contributed by atoms with van der Waals surface area (Å²) in [5.74, 6) is -0.399. The van der Waals surface area contributed by atoms with Crippen LogP contribution in [0.15, 0.2) is 18.2 Å². The van der Waals surface area contributed by atoms with Gasteiger partial charge < -0.3 is 14.7 Å². The number of halogens is 1. The number of nitriles is 1. The molecule has 0 aromatic heterocycles. The highest BCUT2D eigenvalue weighted by atomic mass is 19.1. The van der Waals surface area contributed by atoms with Crippen LogP contribution in [-0.4, -0.2) is 36.5 Å². The molecule has 2 aliphatic rings. The monoisotopic (exact) mass is 304 g/mol. The summed E-state index contributed by atoms with van der Waals surface area (Å²) in [5.41, 5.74) is 0.342. The maximum Gasteiger partial charge on any atom is 0.124 e. The first kappa shape index (κ1) is 15.3. The van der Waals surface area contributed by atoms with Gasteiger partial charge in [0.1, 0.15) is 11.9 Å². The first-order valence-corrected chi connectivity index (χ1v) is 7.79. The second-order valence-electron chi connectivity index (χ2n) is 6.46. The van der Waals surface area contributed by atoms with E-state index in [1.807, 2.05) is 6.92 Å². The third-order valence-electron chi connectivity index (χ3n) is 5.00. The van der Waals surface area contributed by atoms with Gasteiger partial charge in [0.2, 0.25) is 0 Å². The molecule has 1 aromatic rings. The van der Waals surface area contributed by atoms with E-state index in [1.165, 1.54) is 12.1 Å². The molecule has 0 amide bonds. The molecule has 1 N–H and O–H groups in total. The van der Waals surface area contributed by atoms with E-state index in [4.69, 9.17) is 4.74 Å². The van der Waals surface area contributed by atoms with Gasteiger partial charge in [0.15, 0.2) is 0 Å². The van der Waals surface area contributed by atoms with Gasteiger partial charge in [-0.1, -0.05) is 0 Å². The molecule has 4 nitrogen and oxygen atoms in total. The molecule has 0 aliphatic carbocycles. The summed E-state index contributed by atoms with van der Waals surface area (Å²) in [6.07, 6.45) is 2.57. The quantitative estimate of drug-likeness (QED) is 0.912. The van der Waals surface area contributed by atoms with Crippen molar-refractivity contribution in [1.29, 1.82) is 5.26 Å². The van der Waals surface area contributed by atoms with Crippen LogP contribution in [0.25, 0.3) is 0 Å². The Morgan fingerprint density at radius 2 is 2.32 bits per heavy atom. The van der Waals surface area contributed by atoms with Gasteiger partial charge >= 0.3 is 0 Å². The molecule has 5 heteroatoms. The van der Waals surface area contributed by atoms with Crippen molar-refractivity contribution in [2.75, 3.05) is 24.7 Å². The minimum absolute atomic E-state index is 0.000320. The molecular formula is C17H21FN2O2. The number of hydrogen-bond acceptors (Lipinski definition) is 4. The molecule has 0 bridgehead atoms. The summed E-state index contributed by atoms with van der Waals surface area (Å²) in [7, 11) is 0. The third kappa shape index (κ3) is 2.69. The van der Waals surface area contributed by atoms with Crippen molar-refractivity contribution >= 4 is 5.69 Å². The van der Waals surface area contributed by atoms with E-state index in [9.17, 15) is 14.8 Å². The number of aliphatic hydroxyl groups is 1. The van der Waals surface area contributed by atoms with E-state index in [2.05, 4.69) is 11.0 Å². The highest BCUT2D eigenvalue weighted by molar-refractivity contribution is 5.60. The Hall–Kier alpha value is -1.64. The molecule has 0 radical (unpaired) electrons. The van der Waals surface area contributed by atoms with Crippen LogP contribution in [0.2, 0.25) is 0 Å². The highest BCUT2D eigenvalue weighted by Gasteiger charge is 2.44. The molecule has 3 atom stereocenters. The van der Waals surface area contributed by atoms with Crippen molar-refractivity contribution in [1.82, 2.24) is 0 Å². The lowest BCUT2D eigenvalue weighted by atomic mass is 9.79. The van der Waals surface area contributed by atoms with Crippen LogP contribution in [0.4, 0.5) is 10.1 Å². The molecule has 1 aromatic carbocycles. The standard InChI is InChI=1S/C17H21FN2O2/c1-17(21)6-8-22-11-14(17)16-3-2-7-20(16)15-5-4-13(18)9-12(15)10-19/h4-5,9,14,16,21H,2-3,6-8,11H2,1H3/t14-,16+,17+/m1/s1. The molecule has 118 valence electrons. The van der Waals surface area contributed by atoms with Gasteiger partial charge in [-0.05, 0) is 44.4 Å². The van der Waals surface area contributed by atoms with Crippen LogP contribution in [0.1, 0.15) is 31.7 Å². The fourth-order valence-electron chi connectivity index (χ4n) is 3.74. The topological polar surface area (TPSA) is 56.5 Å². The van der Waals surface area contributed by atoms with Gasteiger partial charge in [0.25, 0.3) is 0 Å². The Balaban J connectivity index is 1.92. The molecule has 2 saturated heterocycles. The summed E-state index contributed by atoms with van der Waals surface area (Å²) in [4.78, 5) is 2.14. The number of ether oxygens (including phenoxy) is 1. The molecule has 0 saturated carbocycles. The molecular weight excluding hydrogens is 283 g/mol. The van der Waals surface area contributed by atoms with E-state index in [0.717, 1.165) is 25.1 Å². The molecule has 2 fully saturated rings. The van der Waals surface area contributed by atoms with Gasteiger partial charge in [0, 0.05) is 25.1 Å². The molecule has 3 rings (SSSR count). The molecule has 22 heavy (non-hydrogen) atoms. The lowest BCUT2D eigenvalue weighted by Crippen LogP contribution is -2.52. The summed E-state index contributed by atoms with van der Waals surface area (Å²) in [5, 5.41) is 20.0. The Morgan fingerprint density at radius 1 is 1.50 bits per heavy atom. The van der Waals surface area contributed by atoms with E-state index in [0.29, 0.717) is 25.2 Å². The van der Waals surface area contributed by atoms with Gasteiger partial charge in [-0.15, -0.1) is 0 Å². The van der Waals surface area contributed by atoms with Crippen LogP contribution in [-0.2, 0) is 4.74 Å². The van der Waals surface area contributed by atoms with Crippen molar-refractivity contribution in [2.45, 2.75) is 37.8 Å². The molecule has 0 spiro atoms. The Kier molecular flexibility index (Phi) is 4.07. The predicted molar refractivity (Wildman–Crippen MR) is 81.0 cm³/mol. The Bertz CT molecular complexity index is 597. The van der Waals surface area contributed by atoms with Gasteiger partial charge in [0.05, 0.1) is 23.5 Å². The first-order chi connectivity index (χ1) is 10.5. The third-order valence-corrected chi connectivity index (χ3v) is 5.00. The fraction of sp³-hybridized carbons (Fsp3) is 0.588. The Morgan fingerprint density at radius 3 is 3.05 bits per heavy atom. The van der Waals surface area contributed by atoms with E-state index in [-0.39, 0.29) is 12.0 Å². The second kappa shape index (κ2) is 5.86. The number of hydrogen-bond donors (Lipinski definition) is 1. The van der Waals surface area contributed by atoms with Crippen molar-refractivity contribution in [2.24, 2.45) is 5.92 Å². The lowest BCUT2D eigenvalue weighted by molar-refractivity contribution is -0.108. The zero-order valence-corrected chi connectivity index (χ0v) is 12.8. The lowest BCUT2D eigenvalue weighted by Gasteiger charge is -2.44. The van der Waals surface area contributed by atoms with E-state index < -0.39 is 11.4 Å². The maximum atomic E-state index is 13.4. The Labute approximate surface area is 130 Å². The number of benzene rings is 1. The fourth-order valence-corrected chi connectivity index (χ4v) is 3.74. The van der Waals surface area contributed by atoms with Crippen molar-refractivity contribution in [3.8, 4) is 6.07 Å². The number of nitrogens with zero attached hydrogens (tertiary/aromatic N) is 2. The first-order valence-electron chi connectivity index (χ1n) is 7.79. The minimum atomic E-state index is -0.766. The van der Waals surface area contributed by atoms with Gasteiger partial charge in [-0.2, -0.15) is 5.26 Å². The van der Waals surface area contributed by atoms with E-state index in [1.54, 1.807) is 6.07 Å². The second-order valence-corrected chi connectivity index (χ2v) is 6.46. The largest absolute Gasteiger partial charge is 0.390 e.